The zero-order valence-electron chi connectivity index (χ0n) is 5.48. The smallest absolute Gasteiger partial charge is 0.321 e. The van der Waals surface area contributed by atoms with Crippen molar-refractivity contribution in [2.24, 2.45) is 0 Å². The quantitative estimate of drug-likeness (QED) is 0.302. The van der Waals surface area contributed by atoms with Crippen LogP contribution < -0.4 is 0 Å². The summed E-state index contributed by atoms with van der Waals surface area (Å²) in [6.07, 6.45) is 0. The van der Waals surface area contributed by atoms with Gasteiger partial charge in [0.2, 0.25) is 0 Å². The molecule has 0 atom stereocenters. The molecule has 0 aliphatic rings. The monoisotopic (exact) mass is 146 g/mol. The molecule has 0 saturated heterocycles. The van der Waals surface area contributed by atoms with Crippen molar-refractivity contribution in [3.05, 3.63) is 11.3 Å². The summed E-state index contributed by atoms with van der Waals surface area (Å²) in [6.45, 7) is 0. The molecule has 9 heavy (non-hydrogen) atoms. The van der Waals surface area contributed by atoms with E-state index in [0.717, 1.165) is 5.98 Å². The molecule has 0 aromatic carbocycles. The van der Waals surface area contributed by atoms with Crippen LogP contribution in [0.1, 0.15) is 0 Å². The van der Waals surface area contributed by atoms with Crippen molar-refractivity contribution < 1.29 is 14.4 Å². The van der Waals surface area contributed by atoms with Crippen molar-refractivity contribution in [2.75, 3.05) is 0 Å². The van der Waals surface area contributed by atoms with Gasteiger partial charge in [-0.25, -0.2) is 0 Å². The average molecular weight is 146 g/mol. The van der Waals surface area contributed by atoms with Gasteiger partial charge in [0.1, 0.15) is 19.2 Å². The molecule has 0 heterocycles. The van der Waals surface area contributed by atoms with E-state index in [1.807, 2.05) is 0 Å². The molecule has 6 heteroatoms. The van der Waals surface area contributed by atoms with Crippen LogP contribution in [-0.2, 0) is 4.57 Å². The molecule has 0 fully saturated rings. The highest BCUT2D eigenvalue weighted by Gasteiger charge is 2.18. The Bertz CT molecular complexity index is 228. The van der Waals surface area contributed by atoms with Gasteiger partial charge in [-0.1, -0.05) is 5.98 Å². The van der Waals surface area contributed by atoms with Crippen molar-refractivity contribution in [3.63, 3.8) is 0 Å². The number of allylic oxidation sites excluding steroid dienone is 1. The van der Waals surface area contributed by atoms with Crippen molar-refractivity contribution in [3.8, 4) is 6.07 Å². The highest BCUT2D eigenvalue weighted by Crippen LogP contribution is 2.43. The Morgan fingerprint density at radius 3 is 2.67 bits per heavy atom. The van der Waals surface area contributed by atoms with Gasteiger partial charge in [-0.3, -0.25) is 4.57 Å². The Hall–Kier alpha value is -0.555. The highest BCUT2D eigenvalue weighted by atomic mass is 31.2. The lowest BCUT2D eigenvalue weighted by molar-refractivity contribution is 0.384. The highest BCUT2D eigenvalue weighted by molar-refractivity contribution is 7.57. The summed E-state index contributed by atoms with van der Waals surface area (Å²) in [7, 11) is -4.71. The largest absolute Gasteiger partial charge is 0.365 e. The van der Waals surface area contributed by atoms with Gasteiger partial charge >= 0.3 is 7.60 Å². The minimum atomic E-state index is -4.41. The lowest BCUT2D eigenvalue weighted by Gasteiger charge is -1.97. The Labute approximate surface area is 54.7 Å². The van der Waals surface area contributed by atoms with Crippen LogP contribution in [0.15, 0.2) is 11.3 Å². The maximum atomic E-state index is 10.3. The fourth-order valence-electron chi connectivity index (χ4n) is 0.230. The van der Waals surface area contributed by atoms with Crippen LogP contribution in [0.3, 0.4) is 0 Å². The summed E-state index contributed by atoms with van der Waals surface area (Å²) < 4.78 is 16.8. The first-order chi connectivity index (χ1) is 4.52. The molecule has 0 aromatic heterocycles. The fraction of sp³-hybridized carbons (Fsp3) is 0. The molecule has 0 radical (unpaired) electrons. The summed E-state index contributed by atoms with van der Waals surface area (Å²) in [4.78, 5) is 16.7. The van der Waals surface area contributed by atoms with Gasteiger partial charge in [-0.05, 0) is 1.34 Å². The maximum Gasteiger partial charge on any atom is 0.365 e. The number of hydrogen-bond donors (Lipinski definition) is 2. The lowest BCUT2D eigenvalue weighted by atomic mass is 10.1. The van der Waals surface area contributed by atoms with E-state index >= 15 is 0 Å². The molecule has 0 unspecified atom stereocenters. The Morgan fingerprint density at radius 2 is 2.56 bits per heavy atom. The van der Waals surface area contributed by atoms with Crippen LogP contribution in [0.25, 0.3) is 0 Å². The second kappa shape index (κ2) is 2.83. The second-order valence-electron chi connectivity index (χ2n) is 1.25. The van der Waals surface area contributed by atoms with Gasteiger partial charge in [0.25, 0.3) is 0 Å². The lowest BCUT2D eigenvalue weighted by Crippen LogP contribution is -1.80. The summed E-state index contributed by atoms with van der Waals surface area (Å²) in [5, 5.41) is 7.46. The minimum Gasteiger partial charge on any atom is -0.321 e. The predicted molar refractivity (Wildman–Crippen MR) is 34.3 cm³/mol. The molecular weight excluding hydrogens is 140 g/mol. The van der Waals surface area contributed by atoms with E-state index in [2.05, 4.69) is 0 Å². The van der Waals surface area contributed by atoms with Gasteiger partial charge in [-0.15, -0.1) is 0 Å². The average Bonchev–Trinajstić information content (AvgIpc) is 1.80. The molecule has 0 spiro atoms. The van der Waals surface area contributed by atoms with Crippen molar-refractivity contribution >= 4 is 15.4 Å². The number of nitrogens with zero attached hydrogens (tertiary/aromatic N) is 1. The molecule has 0 amide bonds. The predicted octanol–water partition coefficient (Wildman–Crippen LogP) is -0.838. The van der Waals surface area contributed by atoms with Crippen LogP contribution in [-0.4, -0.2) is 18.9 Å². The SMILES string of the molecule is [2H]B/C=C(\C#N)P(=O)(O)O. The van der Waals surface area contributed by atoms with Crippen molar-refractivity contribution in [2.45, 2.75) is 0 Å². The zero-order valence-corrected chi connectivity index (χ0v) is 5.38. The summed E-state index contributed by atoms with van der Waals surface area (Å²) >= 11 is 0. The van der Waals surface area contributed by atoms with E-state index in [1.165, 1.54) is 6.07 Å². The topological polar surface area (TPSA) is 81.3 Å². The molecule has 0 saturated carbocycles. The molecule has 0 rings (SSSR count). The van der Waals surface area contributed by atoms with Crippen molar-refractivity contribution in [1.29, 1.82) is 6.60 Å². The molecule has 0 bridgehead atoms. The summed E-state index contributed by atoms with van der Waals surface area (Å²) in [6, 6.07) is 1.32. The molecule has 48 valence electrons. The first-order valence-corrected chi connectivity index (χ1v) is 3.59. The van der Waals surface area contributed by atoms with Crippen LogP contribution in [0.5, 0.6) is 0 Å². The second-order valence-corrected chi connectivity index (χ2v) is 2.82. The van der Waals surface area contributed by atoms with Crippen LogP contribution >= 0.6 is 7.60 Å². The van der Waals surface area contributed by atoms with E-state index in [4.69, 9.17) is 16.4 Å². The molecule has 4 nitrogen and oxygen atoms in total. The fourth-order valence-corrected chi connectivity index (χ4v) is 0.598. The molecule has 0 aliphatic carbocycles. The van der Waals surface area contributed by atoms with Gasteiger partial charge < -0.3 is 9.79 Å². The van der Waals surface area contributed by atoms with Crippen LogP contribution in [0.2, 0.25) is 0 Å². The third-order valence-electron chi connectivity index (χ3n) is 0.622. The van der Waals surface area contributed by atoms with E-state index in [0.29, 0.717) is 0 Å². The third kappa shape index (κ3) is 2.47. The van der Waals surface area contributed by atoms with E-state index in [9.17, 15) is 4.57 Å². The Balaban J connectivity index is 4.59. The third-order valence-corrected chi connectivity index (χ3v) is 1.53. The number of nitriles is 1. The van der Waals surface area contributed by atoms with Gasteiger partial charge in [0.15, 0.2) is 0 Å². The van der Waals surface area contributed by atoms with Gasteiger partial charge in [0.05, 0.1) is 0 Å². The molecular formula is C3H5BNO3P. The maximum absolute atomic E-state index is 10.3. The summed E-state index contributed by atoms with van der Waals surface area (Å²) in [5.74, 6) is 0.890. The first kappa shape index (κ1) is 6.56. The number of hydrogen-bond acceptors (Lipinski definition) is 2. The molecule has 0 aliphatic heterocycles. The van der Waals surface area contributed by atoms with E-state index in [-0.39, 0.29) is 7.81 Å². The van der Waals surface area contributed by atoms with Crippen LogP contribution in [0.4, 0.5) is 0 Å². The number of rotatable bonds is 2. The van der Waals surface area contributed by atoms with Gasteiger partial charge in [0, 0.05) is 0 Å². The standard InChI is InChI=1S/C3H5BNO3P/c4-1-3(2-5)9(6,7)8/h1H,4H2,(H2,6,7,8)/b3-1+/i4D. The van der Waals surface area contributed by atoms with E-state index in [1.54, 1.807) is 0 Å². The zero-order chi connectivity index (χ0) is 8.20. The molecule has 2 N–H and O–H groups in total. The van der Waals surface area contributed by atoms with E-state index < -0.39 is 12.9 Å². The molecule has 0 aromatic rings. The van der Waals surface area contributed by atoms with Gasteiger partial charge in [-0.2, -0.15) is 5.26 Å². The van der Waals surface area contributed by atoms with Crippen molar-refractivity contribution in [1.82, 2.24) is 0 Å². The first-order valence-electron chi connectivity index (χ1n) is 2.68. The minimum absolute atomic E-state index is 0.298. The normalized spacial score (nSPS) is 13.9. The Morgan fingerprint density at radius 1 is 2.00 bits per heavy atom. The Kier molecular flexibility index (Phi) is 2.07. The van der Waals surface area contributed by atoms with Crippen LogP contribution in [0, 0.1) is 11.3 Å². The summed E-state index contributed by atoms with van der Waals surface area (Å²) in [5.41, 5.74) is 0.